The number of likely N-dealkylation sites (N-methyl/N-ethyl adjacent to an activating group) is 1. The Labute approximate surface area is 118 Å². The Hall–Kier alpha value is -1.61. The van der Waals surface area contributed by atoms with Crippen LogP contribution in [0.5, 0.6) is 0 Å². The van der Waals surface area contributed by atoms with Crippen LogP contribution in [-0.4, -0.2) is 17.8 Å². The Bertz CT molecular complexity index is 627. The molecule has 98 valence electrons. The maximum absolute atomic E-state index is 4.76. The number of benzene rings is 1. The monoisotopic (exact) mass is 270 g/mol. The third kappa shape index (κ3) is 2.19. The van der Waals surface area contributed by atoms with Crippen LogP contribution in [0.15, 0.2) is 40.7 Å². The number of para-hydroxylation sites is 1. The van der Waals surface area contributed by atoms with Crippen molar-refractivity contribution >= 4 is 22.9 Å². The summed E-state index contributed by atoms with van der Waals surface area (Å²) in [7, 11) is 2.15. The Morgan fingerprint density at radius 2 is 2.00 bits per heavy atom. The smallest absolute Gasteiger partial charge is 0.102 e. The van der Waals surface area contributed by atoms with Gasteiger partial charge in [0.05, 0.1) is 11.7 Å². The van der Waals surface area contributed by atoms with Gasteiger partial charge in [-0.1, -0.05) is 18.2 Å². The molecule has 1 atom stereocenters. The summed E-state index contributed by atoms with van der Waals surface area (Å²) in [5, 5.41) is 2.18. The average Bonchev–Trinajstić information content (AvgIpc) is 2.77. The first kappa shape index (κ1) is 12.4. The molecule has 0 saturated heterocycles. The molecule has 0 amide bonds. The van der Waals surface area contributed by atoms with Crippen LogP contribution >= 0.6 is 11.3 Å². The Kier molecular flexibility index (Phi) is 3.15. The van der Waals surface area contributed by atoms with E-state index in [9.17, 15) is 0 Å². The van der Waals surface area contributed by atoms with Crippen molar-refractivity contribution in [1.29, 1.82) is 0 Å². The number of hydrogen-bond donors (Lipinski definition) is 0. The van der Waals surface area contributed by atoms with Gasteiger partial charge in [-0.15, -0.1) is 11.3 Å². The lowest BCUT2D eigenvalue weighted by Gasteiger charge is -2.28. The van der Waals surface area contributed by atoms with Crippen molar-refractivity contribution in [2.24, 2.45) is 4.99 Å². The normalized spacial score (nSPS) is 18.8. The van der Waals surface area contributed by atoms with Crippen LogP contribution < -0.4 is 0 Å². The molecular weight excluding hydrogens is 252 g/mol. The molecule has 0 saturated carbocycles. The summed E-state index contributed by atoms with van der Waals surface area (Å²) in [5.41, 5.74) is 3.88. The summed E-state index contributed by atoms with van der Waals surface area (Å²) in [6.45, 7) is 4.30. The van der Waals surface area contributed by atoms with Gasteiger partial charge in [0.1, 0.15) is 5.84 Å². The number of aryl methyl sites for hydroxylation is 1. The molecule has 0 fully saturated rings. The summed E-state index contributed by atoms with van der Waals surface area (Å²) in [6.07, 6.45) is 1.02. The number of rotatable bonds is 1. The molecule has 0 aliphatic carbocycles. The molecule has 1 aliphatic rings. The molecule has 1 aliphatic heterocycles. The van der Waals surface area contributed by atoms with Gasteiger partial charge >= 0.3 is 0 Å². The van der Waals surface area contributed by atoms with Gasteiger partial charge in [-0.2, -0.15) is 0 Å². The van der Waals surface area contributed by atoms with E-state index < -0.39 is 0 Å². The third-order valence-electron chi connectivity index (χ3n) is 3.92. The second kappa shape index (κ2) is 4.82. The molecule has 1 aromatic carbocycles. The molecule has 0 N–H and O–H groups in total. The van der Waals surface area contributed by atoms with E-state index in [2.05, 4.69) is 61.5 Å². The van der Waals surface area contributed by atoms with E-state index in [0.717, 1.165) is 17.9 Å². The number of thiophene rings is 1. The average molecular weight is 270 g/mol. The lowest BCUT2D eigenvalue weighted by atomic mass is 9.98. The predicted octanol–water partition coefficient (Wildman–Crippen LogP) is 4.34. The summed E-state index contributed by atoms with van der Waals surface area (Å²) in [6, 6.07) is 11.1. The van der Waals surface area contributed by atoms with E-state index in [1.807, 2.05) is 11.3 Å². The zero-order valence-corrected chi connectivity index (χ0v) is 12.4. The molecule has 1 aromatic heterocycles. The van der Waals surface area contributed by atoms with Gasteiger partial charge in [0, 0.05) is 11.9 Å². The van der Waals surface area contributed by atoms with Crippen molar-refractivity contribution < 1.29 is 0 Å². The van der Waals surface area contributed by atoms with E-state index in [0.29, 0.717) is 6.04 Å². The Balaban J connectivity index is 2.09. The summed E-state index contributed by atoms with van der Waals surface area (Å²) in [5.74, 6) is 1.08. The fourth-order valence-corrected chi connectivity index (χ4v) is 3.43. The number of amidine groups is 1. The van der Waals surface area contributed by atoms with Gasteiger partial charge < -0.3 is 4.90 Å². The molecular formula is C16H18N2S. The highest BCUT2D eigenvalue weighted by Gasteiger charge is 2.24. The van der Waals surface area contributed by atoms with Crippen molar-refractivity contribution in [1.82, 2.24) is 4.90 Å². The predicted molar refractivity (Wildman–Crippen MR) is 82.5 cm³/mol. The fraction of sp³-hybridized carbons (Fsp3) is 0.312. The van der Waals surface area contributed by atoms with Crippen LogP contribution in [0, 0.1) is 6.92 Å². The van der Waals surface area contributed by atoms with Gasteiger partial charge in [-0.3, -0.25) is 0 Å². The Morgan fingerprint density at radius 1 is 1.21 bits per heavy atom. The van der Waals surface area contributed by atoms with Gasteiger partial charge in [-0.05, 0) is 48.9 Å². The van der Waals surface area contributed by atoms with Gasteiger partial charge in [0.2, 0.25) is 0 Å². The van der Waals surface area contributed by atoms with Crippen molar-refractivity contribution in [2.45, 2.75) is 26.3 Å². The van der Waals surface area contributed by atoms with Crippen molar-refractivity contribution in [3.05, 3.63) is 51.7 Å². The molecule has 0 radical (unpaired) electrons. The highest BCUT2D eigenvalue weighted by molar-refractivity contribution is 7.10. The number of nitrogens with zero attached hydrogens (tertiary/aromatic N) is 2. The van der Waals surface area contributed by atoms with Crippen LogP contribution in [-0.2, 0) is 6.42 Å². The summed E-state index contributed by atoms with van der Waals surface area (Å²) >= 11 is 1.82. The maximum Gasteiger partial charge on any atom is 0.102 e. The zero-order chi connectivity index (χ0) is 13.4. The SMILES string of the molecule is CC1=Nc2ccccc2CC(c2ccsc2C)N1C. The van der Waals surface area contributed by atoms with Crippen molar-refractivity contribution in [2.75, 3.05) is 7.05 Å². The Morgan fingerprint density at radius 3 is 2.74 bits per heavy atom. The van der Waals surface area contributed by atoms with Gasteiger partial charge in [-0.25, -0.2) is 4.99 Å². The second-order valence-electron chi connectivity index (χ2n) is 5.05. The number of aliphatic imine (C=N–C) groups is 1. The lowest BCUT2D eigenvalue weighted by molar-refractivity contribution is 0.374. The molecule has 2 nitrogen and oxygen atoms in total. The van der Waals surface area contributed by atoms with Crippen molar-refractivity contribution in [3.63, 3.8) is 0 Å². The lowest BCUT2D eigenvalue weighted by Crippen LogP contribution is -2.29. The van der Waals surface area contributed by atoms with Crippen LogP contribution in [0.3, 0.4) is 0 Å². The quantitative estimate of drug-likeness (QED) is 0.753. The first-order chi connectivity index (χ1) is 9.16. The summed E-state index contributed by atoms with van der Waals surface area (Å²) in [4.78, 5) is 8.46. The standard InChI is InChI=1S/C16H18N2S/c1-11-14(8-9-19-11)16-10-13-6-4-5-7-15(13)17-12(2)18(16)3/h4-9,16H,10H2,1-3H3. The van der Waals surface area contributed by atoms with Crippen LogP contribution in [0.2, 0.25) is 0 Å². The molecule has 1 unspecified atom stereocenters. The minimum absolute atomic E-state index is 0.388. The molecule has 3 rings (SSSR count). The van der Waals surface area contributed by atoms with Crippen LogP contribution in [0.1, 0.15) is 29.0 Å². The minimum Gasteiger partial charge on any atom is -0.356 e. The zero-order valence-electron chi connectivity index (χ0n) is 11.6. The molecule has 2 aromatic rings. The molecule has 19 heavy (non-hydrogen) atoms. The van der Waals surface area contributed by atoms with Crippen LogP contribution in [0.4, 0.5) is 5.69 Å². The second-order valence-corrected chi connectivity index (χ2v) is 6.17. The fourth-order valence-electron chi connectivity index (χ4n) is 2.68. The molecule has 0 spiro atoms. The van der Waals surface area contributed by atoms with Gasteiger partial charge in [0.15, 0.2) is 0 Å². The largest absolute Gasteiger partial charge is 0.356 e. The molecule has 3 heteroatoms. The highest BCUT2D eigenvalue weighted by Crippen LogP contribution is 2.35. The molecule has 0 bridgehead atoms. The van der Waals surface area contributed by atoms with Crippen LogP contribution in [0.25, 0.3) is 0 Å². The van der Waals surface area contributed by atoms with E-state index in [-0.39, 0.29) is 0 Å². The van der Waals surface area contributed by atoms with E-state index in [4.69, 9.17) is 4.99 Å². The van der Waals surface area contributed by atoms with Gasteiger partial charge in [0.25, 0.3) is 0 Å². The third-order valence-corrected chi connectivity index (χ3v) is 4.78. The maximum atomic E-state index is 4.76. The highest BCUT2D eigenvalue weighted by atomic mass is 32.1. The van der Waals surface area contributed by atoms with E-state index >= 15 is 0 Å². The number of fused-ring (bicyclic) bond motifs is 1. The van der Waals surface area contributed by atoms with E-state index in [1.165, 1.54) is 16.0 Å². The number of hydrogen-bond acceptors (Lipinski definition) is 3. The summed E-state index contributed by atoms with van der Waals surface area (Å²) < 4.78 is 0. The molecule has 2 heterocycles. The first-order valence-electron chi connectivity index (χ1n) is 6.57. The van der Waals surface area contributed by atoms with Crippen molar-refractivity contribution in [3.8, 4) is 0 Å². The topological polar surface area (TPSA) is 15.6 Å². The van der Waals surface area contributed by atoms with E-state index in [1.54, 1.807) is 0 Å². The first-order valence-corrected chi connectivity index (χ1v) is 7.45. The minimum atomic E-state index is 0.388.